The minimum atomic E-state index is 0.0364. The molecule has 0 saturated carbocycles. The van der Waals surface area contributed by atoms with Gasteiger partial charge in [-0.05, 0) is 38.9 Å². The van der Waals surface area contributed by atoms with Crippen LogP contribution in [-0.4, -0.2) is 55.9 Å². The fourth-order valence-electron chi connectivity index (χ4n) is 3.11. The Morgan fingerprint density at radius 2 is 2.08 bits per heavy atom. The SMILES string of the molecule is COCC(C)NC(=O)C1CCN(Cc2cccc(OC)c2O)CC1. The molecule has 2 N–H and O–H groups in total. The zero-order valence-corrected chi connectivity index (χ0v) is 14.7. The number of nitrogens with zero attached hydrogens (tertiary/aromatic N) is 1. The normalized spacial score (nSPS) is 17.5. The molecule has 2 rings (SSSR count). The Labute approximate surface area is 143 Å². The number of amides is 1. The van der Waals surface area contributed by atoms with E-state index in [2.05, 4.69) is 10.2 Å². The lowest BCUT2D eigenvalue weighted by atomic mass is 9.95. The Bertz CT molecular complexity index is 542. The van der Waals surface area contributed by atoms with E-state index >= 15 is 0 Å². The van der Waals surface area contributed by atoms with E-state index in [4.69, 9.17) is 9.47 Å². The molecule has 1 amide bonds. The zero-order chi connectivity index (χ0) is 17.5. The lowest BCUT2D eigenvalue weighted by Gasteiger charge is -2.32. The van der Waals surface area contributed by atoms with Crippen LogP contribution in [0.4, 0.5) is 0 Å². The predicted molar refractivity (Wildman–Crippen MR) is 92.1 cm³/mol. The van der Waals surface area contributed by atoms with Gasteiger partial charge in [-0.2, -0.15) is 0 Å². The Morgan fingerprint density at radius 1 is 1.38 bits per heavy atom. The highest BCUT2D eigenvalue weighted by molar-refractivity contribution is 5.79. The molecule has 1 aliphatic heterocycles. The monoisotopic (exact) mass is 336 g/mol. The maximum atomic E-state index is 12.2. The van der Waals surface area contributed by atoms with Crippen LogP contribution in [0.5, 0.6) is 11.5 Å². The Morgan fingerprint density at radius 3 is 2.71 bits per heavy atom. The van der Waals surface area contributed by atoms with Crippen molar-refractivity contribution in [3.8, 4) is 11.5 Å². The van der Waals surface area contributed by atoms with E-state index < -0.39 is 0 Å². The molecule has 1 aromatic carbocycles. The summed E-state index contributed by atoms with van der Waals surface area (Å²) in [5.41, 5.74) is 0.853. The number of methoxy groups -OCH3 is 2. The van der Waals surface area contributed by atoms with Crippen LogP contribution >= 0.6 is 0 Å². The van der Waals surface area contributed by atoms with Gasteiger partial charge in [0.2, 0.25) is 5.91 Å². The lowest BCUT2D eigenvalue weighted by molar-refractivity contribution is -0.127. The first kappa shape index (κ1) is 18.5. The summed E-state index contributed by atoms with van der Waals surface area (Å²) >= 11 is 0. The molecule has 6 heteroatoms. The molecule has 0 radical (unpaired) electrons. The van der Waals surface area contributed by atoms with Crippen molar-refractivity contribution in [1.29, 1.82) is 0 Å². The second kappa shape index (κ2) is 8.89. The molecule has 134 valence electrons. The third-order valence-corrected chi connectivity index (χ3v) is 4.46. The average molecular weight is 336 g/mol. The maximum absolute atomic E-state index is 12.2. The summed E-state index contributed by atoms with van der Waals surface area (Å²) < 4.78 is 10.2. The van der Waals surface area contributed by atoms with Crippen molar-refractivity contribution in [1.82, 2.24) is 10.2 Å². The molecule has 1 heterocycles. The van der Waals surface area contributed by atoms with Gasteiger partial charge in [-0.25, -0.2) is 0 Å². The summed E-state index contributed by atoms with van der Waals surface area (Å²) in [6.45, 7) is 4.82. The van der Waals surface area contributed by atoms with Crippen LogP contribution in [0.25, 0.3) is 0 Å². The number of carbonyl (C=O) groups excluding carboxylic acids is 1. The molecule has 0 aliphatic carbocycles. The van der Waals surface area contributed by atoms with E-state index in [0.717, 1.165) is 31.5 Å². The first-order chi connectivity index (χ1) is 11.5. The molecule has 6 nitrogen and oxygen atoms in total. The molecule has 24 heavy (non-hydrogen) atoms. The predicted octanol–water partition coefficient (Wildman–Crippen LogP) is 1.76. The summed E-state index contributed by atoms with van der Waals surface area (Å²) in [6.07, 6.45) is 1.66. The summed E-state index contributed by atoms with van der Waals surface area (Å²) in [5.74, 6) is 0.866. The van der Waals surface area contributed by atoms with E-state index in [1.54, 1.807) is 20.3 Å². The molecular weight excluding hydrogens is 308 g/mol. The number of benzene rings is 1. The molecule has 1 atom stereocenters. The quantitative estimate of drug-likeness (QED) is 0.794. The highest BCUT2D eigenvalue weighted by Crippen LogP contribution is 2.31. The molecule has 0 bridgehead atoms. The van der Waals surface area contributed by atoms with E-state index in [0.29, 0.717) is 18.9 Å². The Hall–Kier alpha value is -1.79. The van der Waals surface area contributed by atoms with Gasteiger partial charge >= 0.3 is 0 Å². The van der Waals surface area contributed by atoms with Crippen LogP contribution in [0, 0.1) is 5.92 Å². The van der Waals surface area contributed by atoms with Gasteiger partial charge in [0.1, 0.15) is 0 Å². The van der Waals surface area contributed by atoms with Crippen LogP contribution in [0.1, 0.15) is 25.3 Å². The number of piperidine rings is 1. The standard InChI is InChI=1S/C18H28N2O4/c1-13(12-23-2)19-18(22)14-7-9-20(10-8-14)11-15-5-4-6-16(24-3)17(15)21/h4-6,13-14,21H,7-12H2,1-3H3,(H,19,22). The average Bonchev–Trinajstić information content (AvgIpc) is 2.57. The smallest absolute Gasteiger partial charge is 0.223 e. The number of carbonyl (C=O) groups is 1. The van der Waals surface area contributed by atoms with Crippen LogP contribution in [-0.2, 0) is 16.1 Å². The molecular formula is C18H28N2O4. The number of ether oxygens (including phenoxy) is 2. The number of aromatic hydroxyl groups is 1. The van der Waals surface area contributed by atoms with Gasteiger partial charge in [0.15, 0.2) is 11.5 Å². The summed E-state index contributed by atoms with van der Waals surface area (Å²) in [5, 5.41) is 13.2. The lowest BCUT2D eigenvalue weighted by Crippen LogP contribution is -2.44. The molecule has 0 aromatic heterocycles. The molecule has 1 fully saturated rings. The Kier molecular flexibility index (Phi) is 6.87. The summed E-state index contributed by atoms with van der Waals surface area (Å²) in [6, 6.07) is 5.57. The molecule has 1 aliphatic rings. The number of phenolic OH excluding ortho intramolecular Hbond substituents is 1. The number of hydrogen-bond acceptors (Lipinski definition) is 5. The number of likely N-dealkylation sites (tertiary alicyclic amines) is 1. The van der Waals surface area contributed by atoms with E-state index in [1.807, 2.05) is 19.1 Å². The summed E-state index contributed by atoms with van der Waals surface area (Å²) in [4.78, 5) is 14.5. The third-order valence-electron chi connectivity index (χ3n) is 4.46. The van der Waals surface area contributed by atoms with Crippen molar-refractivity contribution in [3.05, 3.63) is 23.8 Å². The molecule has 1 unspecified atom stereocenters. The van der Waals surface area contributed by atoms with Gasteiger partial charge in [0.05, 0.1) is 13.7 Å². The van der Waals surface area contributed by atoms with Crippen molar-refractivity contribution in [2.75, 3.05) is 33.9 Å². The van der Waals surface area contributed by atoms with Crippen molar-refractivity contribution in [2.45, 2.75) is 32.4 Å². The Balaban J connectivity index is 1.84. The van der Waals surface area contributed by atoms with Crippen molar-refractivity contribution in [3.63, 3.8) is 0 Å². The molecule has 1 saturated heterocycles. The second-order valence-corrected chi connectivity index (χ2v) is 6.38. The van der Waals surface area contributed by atoms with Gasteiger partial charge in [-0.3, -0.25) is 9.69 Å². The minimum Gasteiger partial charge on any atom is -0.504 e. The fourth-order valence-corrected chi connectivity index (χ4v) is 3.11. The van der Waals surface area contributed by atoms with Gasteiger partial charge in [0, 0.05) is 31.2 Å². The highest BCUT2D eigenvalue weighted by Gasteiger charge is 2.26. The van der Waals surface area contributed by atoms with Crippen molar-refractivity contribution >= 4 is 5.91 Å². The van der Waals surface area contributed by atoms with Crippen molar-refractivity contribution < 1.29 is 19.4 Å². The van der Waals surface area contributed by atoms with Gasteiger partial charge in [-0.15, -0.1) is 0 Å². The number of hydrogen-bond donors (Lipinski definition) is 2. The summed E-state index contributed by atoms with van der Waals surface area (Å²) in [7, 11) is 3.18. The topological polar surface area (TPSA) is 71.0 Å². The third kappa shape index (κ3) is 4.85. The number of nitrogens with one attached hydrogen (secondary N) is 1. The van der Waals surface area contributed by atoms with Crippen molar-refractivity contribution in [2.24, 2.45) is 5.92 Å². The zero-order valence-electron chi connectivity index (χ0n) is 14.7. The second-order valence-electron chi connectivity index (χ2n) is 6.38. The van der Waals surface area contributed by atoms with E-state index in [1.165, 1.54) is 0 Å². The maximum Gasteiger partial charge on any atom is 0.223 e. The van der Waals surface area contributed by atoms with Crippen LogP contribution in [0.2, 0.25) is 0 Å². The van der Waals surface area contributed by atoms with Crippen LogP contribution in [0.15, 0.2) is 18.2 Å². The van der Waals surface area contributed by atoms with E-state index in [-0.39, 0.29) is 23.6 Å². The van der Waals surface area contributed by atoms with Crippen LogP contribution in [0.3, 0.4) is 0 Å². The van der Waals surface area contributed by atoms with Crippen LogP contribution < -0.4 is 10.1 Å². The fraction of sp³-hybridized carbons (Fsp3) is 0.611. The number of phenols is 1. The van der Waals surface area contributed by atoms with Gasteiger partial charge in [0.25, 0.3) is 0 Å². The number of rotatable bonds is 7. The first-order valence-corrected chi connectivity index (χ1v) is 8.41. The minimum absolute atomic E-state index is 0.0364. The van der Waals surface area contributed by atoms with E-state index in [9.17, 15) is 9.90 Å². The largest absolute Gasteiger partial charge is 0.504 e. The highest BCUT2D eigenvalue weighted by atomic mass is 16.5. The number of para-hydroxylation sites is 1. The molecule has 1 aromatic rings. The molecule has 0 spiro atoms. The first-order valence-electron chi connectivity index (χ1n) is 8.41. The van der Waals surface area contributed by atoms with Gasteiger partial charge < -0.3 is 19.9 Å². The van der Waals surface area contributed by atoms with Gasteiger partial charge in [-0.1, -0.05) is 12.1 Å².